The molecule has 3 fully saturated rings. The Morgan fingerprint density at radius 2 is 1.41 bits per heavy atom. The third-order valence-corrected chi connectivity index (χ3v) is 10.9. The number of fused-ring (bicyclic) bond motifs is 1. The van der Waals surface area contributed by atoms with Gasteiger partial charge in [-0.2, -0.15) is 0 Å². The minimum absolute atomic E-state index is 0.0233. The fourth-order valence-electron chi connectivity index (χ4n) is 7.95. The van der Waals surface area contributed by atoms with Gasteiger partial charge in [0.05, 0.1) is 13.5 Å². The number of esters is 1. The highest BCUT2D eigenvalue weighted by atomic mass is 16.5. The number of hydrogen-bond donors (Lipinski definition) is 3. The lowest BCUT2D eigenvalue weighted by Crippen LogP contribution is -2.58. The van der Waals surface area contributed by atoms with E-state index in [9.17, 15) is 24.0 Å². The molecule has 0 radical (unpaired) electrons. The summed E-state index contributed by atoms with van der Waals surface area (Å²) in [7, 11) is 1.26. The Bertz CT molecular complexity index is 1530. The summed E-state index contributed by atoms with van der Waals surface area (Å²) in [6.45, 7) is 4.68. The molecule has 13 heteroatoms. The number of likely N-dealkylation sites (tertiary alicyclic amines) is 3. The summed E-state index contributed by atoms with van der Waals surface area (Å²) in [4.78, 5) is 74.7. The van der Waals surface area contributed by atoms with Crippen LogP contribution < -0.4 is 16.0 Å². The van der Waals surface area contributed by atoms with Crippen LogP contribution in [0.3, 0.4) is 0 Å². The molecule has 4 aliphatic rings. The summed E-state index contributed by atoms with van der Waals surface area (Å²) < 4.78 is 4.96. The number of nitrogens with one attached hydrogen (secondary N) is 3. The lowest BCUT2D eigenvalue weighted by Gasteiger charge is -2.41. The third-order valence-electron chi connectivity index (χ3n) is 10.9. The predicted octanol–water partition coefficient (Wildman–Crippen LogP) is 3.34. The van der Waals surface area contributed by atoms with Crippen molar-refractivity contribution in [2.45, 2.75) is 88.5 Å². The number of amides is 6. The summed E-state index contributed by atoms with van der Waals surface area (Å²) in [6.07, 6.45) is 6.59. The van der Waals surface area contributed by atoms with Crippen molar-refractivity contribution in [3.63, 3.8) is 0 Å². The van der Waals surface area contributed by atoms with E-state index < -0.39 is 24.1 Å². The molecule has 274 valence electrons. The number of hydrogen-bond acceptors (Lipinski definition) is 7. The number of methoxy groups -OCH3 is 1. The molecule has 3 saturated heterocycles. The van der Waals surface area contributed by atoms with Crippen LogP contribution in [-0.4, -0.2) is 120 Å². The first-order chi connectivity index (χ1) is 24.8. The van der Waals surface area contributed by atoms with Crippen LogP contribution >= 0.6 is 0 Å². The van der Waals surface area contributed by atoms with Gasteiger partial charge < -0.3 is 40.3 Å². The van der Waals surface area contributed by atoms with Crippen LogP contribution in [0.4, 0.5) is 15.3 Å². The van der Waals surface area contributed by atoms with Crippen molar-refractivity contribution in [3.05, 3.63) is 65.7 Å². The van der Waals surface area contributed by atoms with Crippen LogP contribution in [0.2, 0.25) is 0 Å². The molecule has 0 spiro atoms. The zero-order valence-electron chi connectivity index (χ0n) is 29.6. The average Bonchev–Trinajstić information content (AvgIpc) is 3.17. The minimum atomic E-state index is -1.11. The molecule has 51 heavy (non-hydrogen) atoms. The highest BCUT2D eigenvalue weighted by molar-refractivity contribution is 5.93. The third kappa shape index (κ3) is 9.18. The second-order valence-corrected chi connectivity index (χ2v) is 14.1. The summed E-state index contributed by atoms with van der Waals surface area (Å²) in [5.74, 6) is -1.15. The number of para-hydroxylation sites is 1. The molecule has 2 aromatic carbocycles. The lowest BCUT2D eigenvalue weighted by molar-refractivity contribution is -0.142. The van der Waals surface area contributed by atoms with Crippen LogP contribution in [0.15, 0.2) is 54.6 Å². The molecule has 4 aliphatic heterocycles. The fourth-order valence-corrected chi connectivity index (χ4v) is 7.95. The first-order valence-electron chi connectivity index (χ1n) is 18.4. The van der Waals surface area contributed by atoms with E-state index >= 15 is 0 Å². The molecule has 6 rings (SSSR count). The monoisotopic (exact) mass is 701 g/mol. The summed E-state index contributed by atoms with van der Waals surface area (Å²) in [6, 6.07) is 14.5. The lowest BCUT2D eigenvalue weighted by atomic mass is 9.98. The van der Waals surface area contributed by atoms with E-state index in [1.54, 1.807) is 9.80 Å². The number of carbonyl (C=O) groups excluding carboxylic acids is 5. The first kappa shape index (κ1) is 36.2. The number of urea groups is 2. The van der Waals surface area contributed by atoms with Crippen molar-refractivity contribution < 1.29 is 28.7 Å². The number of piperidine rings is 3. The maximum Gasteiger partial charge on any atom is 0.328 e. The van der Waals surface area contributed by atoms with Crippen LogP contribution in [0.1, 0.15) is 62.5 Å². The Balaban J connectivity index is 1.09. The Kier molecular flexibility index (Phi) is 12.1. The van der Waals surface area contributed by atoms with Gasteiger partial charge in [-0.25, -0.2) is 14.4 Å². The van der Waals surface area contributed by atoms with Crippen molar-refractivity contribution in [1.29, 1.82) is 0 Å². The molecule has 2 aromatic rings. The van der Waals surface area contributed by atoms with E-state index in [-0.39, 0.29) is 36.7 Å². The molecule has 3 N–H and O–H groups in total. The largest absolute Gasteiger partial charge is 0.467 e. The Labute approximate surface area is 300 Å². The summed E-state index contributed by atoms with van der Waals surface area (Å²) in [5, 5.41) is 8.43. The summed E-state index contributed by atoms with van der Waals surface area (Å²) >= 11 is 0. The molecule has 6 amide bonds. The van der Waals surface area contributed by atoms with Gasteiger partial charge in [-0.3, -0.25) is 9.59 Å². The zero-order valence-corrected chi connectivity index (χ0v) is 29.6. The molecule has 0 unspecified atom stereocenters. The number of ether oxygens (including phenoxy) is 1. The molecule has 4 heterocycles. The number of anilines is 1. The van der Waals surface area contributed by atoms with E-state index in [0.29, 0.717) is 51.6 Å². The summed E-state index contributed by atoms with van der Waals surface area (Å²) in [5.41, 5.74) is 2.72. The molecule has 0 bridgehead atoms. The Hall–Kier alpha value is -4.65. The van der Waals surface area contributed by atoms with Crippen molar-refractivity contribution in [1.82, 2.24) is 30.2 Å². The predicted molar refractivity (Wildman–Crippen MR) is 192 cm³/mol. The standard InChI is InChI=1S/C38H51N7O6/c1-51-36(48)33(24-27-10-4-2-5-11-27)40-37(49)39-32(35(47)44-22-14-29(15-23-44)42-18-8-3-9-19-42)25-34(46)43-20-16-30(17-21-43)45-26-28-12-6-7-13-31(28)41-38(45)50/h2,4-7,10-13,29-30,32-33H,3,8-9,14-26H2,1H3,(H,41,50)(H2,39,40,49)/t32-,33-/m0/s1. The maximum absolute atomic E-state index is 14.1. The topological polar surface area (TPSA) is 144 Å². The molecular weight excluding hydrogens is 650 g/mol. The van der Waals surface area contributed by atoms with Gasteiger partial charge in [0.15, 0.2) is 0 Å². The van der Waals surface area contributed by atoms with E-state index in [4.69, 9.17) is 4.74 Å². The fraction of sp³-hybridized carbons (Fsp3) is 0.553. The number of nitrogens with zero attached hydrogens (tertiary/aromatic N) is 4. The second-order valence-electron chi connectivity index (χ2n) is 14.1. The van der Waals surface area contributed by atoms with Crippen molar-refractivity contribution in [3.8, 4) is 0 Å². The molecule has 2 atom stereocenters. The highest BCUT2D eigenvalue weighted by Gasteiger charge is 2.37. The molecule has 0 aromatic heterocycles. The zero-order chi connectivity index (χ0) is 35.7. The van der Waals surface area contributed by atoms with Gasteiger partial charge in [-0.05, 0) is 68.8 Å². The number of rotatable bonds is 10. The van der Waals surface area contributed by atoms with Crippen molar-refractivity contribution >= 4 is 35.5 Å². The van der Waals surface area contributed by atoms with Gasteiger partial charge >= 0.3 is 18.0 Å². The maximum atomic E-state index is 14.1. The van der Waals surface area contributed by atoms with Crippen LogP contribution in [0, 0.1) is 0 Å². The van der Waals surface area contributed by atoms with Gasteiger partial charge in [0.25, 0.3) is 0 Å². The van der Waals surface area contributed by atoms with E-state index in [1.165, 1.54) is 26.4 Å². The van der Waals surface area contributed by atoms with E-state index in [1.807, 2.05) is 59.5 Å². The first-order valence-corrected chi connectivity index (χ1v) is 18.4. The molecule has 13 nitrogen and oxygen atoms in total. The van der Waals surface area contributed by atoms with Gasteiger partial charge in [-0.1, -0.05) is 55.0 Å². The van der Waals surface area contributed by atoms with Crippen LogP contribution in [-0.2, 0) is 32.1 Å². The van der Waals surface area contributed by atoms with Crippen molar-refractivity contribution in [2.24, 2.45) is 0 Å². The molecule has 0 saturated carbocycles. The highest BCUT2D eigenvalue weighted by Crippen LogP contribution is 2.28. The average molecular weight is 702 g/mol. The van der Waals surface area contributed by atoms with Gasteiger partial charge in [0.2, 0.25) is 11.8 Å². The van der Waals surface area contributed by atoms with Gasteiger partial charge in [0.1, 0.15) is 12.1 Å². The van der Waals surface area contributed by atoms with Gasteiger partial charge in [0, 0.05) is 56.9 Å². The van der Waals surface area contributed by atoms with Crippen molar-refractivity contribution in [2.75, 3.05) is 51.7 Å². The molecular formula is C38H51N7O6. The Morgan fingerprint density at radius 3 is 2.12 bits per heavy atom. The smallest absolute Gasteiger partial charge is 0.328 e. The quantitative estimate of drug-likeness (QED) is 0.323. The minimum Gasteiger partial charge on any atom is -0.467 e. The van der Waals surface area contributed by atoms with Crippen LogP contribution in [0.25, 0.3) is 0 Å². The van der Waals surface area contributed by atoms with E-state index in [0.717, 1.165) is 42.7 Å². The number of benzene rings is 2. The van der Waals surface area contributed by atoms with E-state index in [2.05, 4.69) is 20.9 Å². The number of carbonyl (C=O) groups is 5. The molecule has 0 aliphatic carbocycles. The SMILES string of the molecule is COC(=O)[C@H](Cc1ccccc1)NC(=O)N[C@@H](CC(=O)N1CCC(N2Cc3ccccc3NC2=O)CC1)C(=O)N1CCC(N2CCCCC2)CC1. The Morgan fingerprint density at radius 1 is 0.784 bits per heavy atom. The second kappa shape index (κ2) is 17.0. The van der Waals surface area contributed by atoms with Gasteiger partial charge in [-0.15, -0.1) is 0 Å². The van der Waals surface area contributed by atoms with Crippen LogP contribution in [0.5, 0.6) is 0 Å². The normalized spacial score (nSPS) is 20.1.